The van der Waals surface area contributed by atoms with Crippen LogP contribution in [0.1, 0.15) is 26.2 Å². The van der Waals surface area contributed by atoms with Gasteiger partial charge < -0.3 is 10.4 Å². The fourth-order valence-corrected chi connectivity index (χ4v) is 1.96. The summed E-state index contributed by atoms with van der Waals surface area (Å²) < 4.78 is 0. The summed E-state index contributed by atoms with van der Waals surface area (Å²) in [7, 11) is 1.97. The molecule has 1 fully saturated rings. The molecule has 3 unspecified atom stereocenters. The van der Waals surface area contributed by atoms with E-state index in [1.165, 1.54) is 0 Å². The molecule has 0 amide bonds. The van der Waals surface area contributed by atoms with Gasteiger partial charge in [0, 0.05) is 12.5 Å². The van der Waals surface area contributed by atoms with E-state index in [9.17, 15) is 4.79 Å². The quantitative estimate of drug-likeness (QED) is 0.665. The summed E-state index contributed by atoms with van der Waals surface area (Å²) in [5.74, 6) is 0.600. The minimum absolute atomic E-state index is 0.325. The van der Waals surface area contributed by atoms with E-state index in [1.54, 1.807) is 0 Å². The lowest BCUT2D eigenvalue weighted by atomic mass is 9.68. The van der Waals surface area contributed by atoms with Crippen molar-refractivity contribution in [3.05, 3.63) is 0 Å². The van der Waals surface area contributed by atoms with Gasteiger partial charge >= 0.3 is 5.97 Å². The van der Waals surface area contributed by atoms with Crippen molar-refractivity contribution in [2.45, 2.75) is 32.2 Å². The number of carboxylic acids is 1. The van der Waals surface area contributed by atoms with Crippen molar-refractivity contribution < 1.29 is 9.90 Å². The Bertz CT molecular complexity index is 170. The number of carbonyl (C=O) groups is 1. The fraction of sp³-hybridized carbons (Fsp3) is 0.889. The first-order chi connectivity index (χ1) is 5.65. The number of hydrogen-bond donors (Lipinski definition) is 2. The second kappa shape index (κ2) is 3.90. The highest BCUT2D eigenvalue weighted by atomic mass is 16.4. The molecule has 12 heavy (non-hydrogen) atoms. The molecule has 0 aliphatic heterocycles. The van der Waals surface area contributed by atoms with Gasteiger partial charge in [-0.15, -0.1) is 0 Å². The number of hydrogen-bond acceptors (Lipinski definition) is 2. The maximum Gasteiger partial charge on any atom is 0.303 e. The monoisotopic (exact) mass is 171 g/mol. The van der Waals surface area contributed by atoms with E-state index in [0.717, 1.165) is 12.8 Å². The highest BCUT2D eigenvalue weighted by Crippen LogP contribution is 2.37. The zero-order chi connectivity index (χ0) is 9.14. The molecular formula is C9H17NO2. The maximum absolute atomic E-state index is 10.3. The molecule has 3 atom stereocenters. The Hall–Kier alpha value is -0.570. The van der Waals surface area contributed by atoms with Crippen molar-refractivity contribution in [3.63, 3.8) is 0 Å². The average Bonchev–Trinajstić information content (AvgIpc) is 2.02. The van der Waals surface area contributed by atoms with Gasteiger partial charge in [0.15, 0.2) is 0 Å². The molecule has 1 rings (SSSR count). The smallest absolute Gasteiger partial charge is 0.303 e. The van der Waals surface area contributed by atoms with Crippen LogP contribution in [-0.2, 0) is 4.79 Å². The van der Waals surface area contributed by atoms with Crippen LogP contribution < -0.4 is 5.32 Å². The fourth-order valence-electron chi connectivity index (χ4n) is 1.96. The molecule has 0 bridgehead atoms. The van der Waals surface area contributed by atoms with E-state index in [0.29, 0.717) is 24.3 Å². The van der Waals surface area contributed by atoms with Gasteiger partial charge in [-0.2, -0.15) is 0 Å². The molecule has 1 aliphatic carbocycles. The van der Waals surface area contributed by atoms with Gasteiger partial charge in [0.2, 0.25) is 0 Å². The number of rotatable bonds is 4. The van der Waals surface area contributed by atoms with Crippen LogP contribution in [0.15, 0.2) is 0 Å². The van der Waals surface area contributed by atoms with E-state index in [2.05, 4.69) is 12.2 Å². The van der Waals surface area contributed by atoms with Crippen LogP contribution in [0.2, 0.25) is 0 Å². The van der Waals surface area contributed by atoms with E-state index in [1.807, 2.05) is 7.05 Å². The SMILES string of the molecule is CNC1CC(CCC(=O)O)C1C. The van der Waals surface area contributed by atoms with Gasteiger partial charge in [-0.3, -0.25) is 4.79 Å². The molecule has 3 heteroatoms. The molecule has 0 radical (unpaired) electrons. The van der Waals surface area contributed by atoms with Crippen molar-refractivity contribution in [1.82, 2.24) is 5.32 Å². The standard InChI is InChI=1S/C9H17NO2/c1-6-7(3-4-9(11)12)5-8(6)10-2/h6-8,10H,3-5H2,1-2H3,(H,11,12). The third kappa shape index (κ3) is 1.97. The lowest BCUT2D eigenvalue weighted by Gasteiger charge is -2.42. The molecule has 2 N–H and O–H groups in total. The number of aliphatic carboxylic acids is 1. The molecular weight excluding hydrogens is 154 g/mol. The van der Waals surface area contributed by atoms with Crippen molar-refractivity contribution in [2.24, 2.45) is 11.8 Å². The zero-order valence-electron chi connectivity index (χ0n) is 7.71. The Kier molecular flexibility index (Phi) is 3.09. The van der Waals surface area contributed by atoms with Crippen LogP contribution in [0, 0.1) is 11.8 Å². The van der Waals surface area contributed by atoms with Gasteiger partial charge in [0.25, 0.3) is 0 Å². The molecule has 0 aromatic heterocycles. The molecule has 3 nitrogen and oxygen atoms in total. The van der Waals surface area contributed by atoms with Crippen LogP contribution in [-0.4, -0.2) is 24.2 Å². The summed E-state index contributed by atoms with van der Waals surface area (Å²) in [4.78, 5) is 10.3. The highest BCUT2D eigenvalue weighted by Gasteiger charge is 2.36. The molecule has 1 aliphatic rings. The molecule has 0 heterocycles. The Morgan fingerprint density at radius 2 is 2.33 bits per heavy atom. The van der Waals surface area contributed by atoms with Crippen molar-refractivity contribution in [3.8, 4) is 0 Å². The lowest BCUT2D eigenvalue weighted by molar-refractivity contribution is -0.137. The highest BCUT2D eigenvalue weighted by molar-refractivity contribution is 5.66. The van der Waals surface area contributed by atoms with Gasteiger partial charge in [0.1, 0.15) is 0 Å². The molecule has 0 aromatic rings. The lowest BCUT2D eigenvalue weighted by Crippen LogP contribution is -2.47. The molecule has 0 spiro atoms. The third-order valence-electron chi connectivity index (χ3n) is 3.03. The van der Waals surface area contributed by atoms with Crippen LogP contribution in [0.4, 0.5) is 0 Å². The zero-order valence-corrected chi connectivity index (χ0v) is 7.71. The Morgan fingerprint density at radius 1 is 1.67 bits per heavy atom. The van der Waals surface area contributed by atoms with E-state index in [-0.39, 0.29) is 0 Å². The molecule has 1 saturated carbocycles. The van der Waals surface area contributed by atoms with Crippen LogP contribution in [0.3, 0.4) is 0 Å². The summed E-state index contributed by atoms with van der Waals surface area (Å²) in [6.45, 7) is 2.19. The van der Waals surface area contributed by atoms with Crippen molar-refractivity contribution in [1.29, 1.82) is 0 Å². The van der Waals surface area contributed by atoms with E-state index in [4.69, 9.17) is 5.11 Å². The summed E-state index contributed by atoms with van der Waals surface area (Å²) in [5, 5.41) is 11.7. The van der Waals surface area contributed by atoms with Gasteiger partial charge in [-0.05, 0) is 31.7 Å². The number of nitrogens with one attached hydrogen (secondary N) is 1. The van der Waals surface area contributed by atoms with Crippen molar-refractivity contribution >= 4 is 5.97 Å². The van der Waals surface area contributed by atoms with Crippen LogP contribution in [0.5, 0.6) is 0 Å². The normalized spacial score (nSPS) is 34.3. The van der Waals surface area contributed by atoms with E-state index >= 15 is 0 Å². The third-order valence-corrected chi connectivity index (χ3v) is 3.03. The second-order valence-electron chi connectivity index (χ2n) is 3.68. The van der Waals surface area contributed by atoms with Crippen LogP contribution in [0.25, 0.3) is 0 Å². The van der Waals surface area contributed by atoms with Crippen molar-refractivity contribution in [2.75, 3.05) is 7.05 Å². The Labute approximate surface area is 73.2 Å². The minimum Gasteiger partial charge on any atom is -0.481 e. The Balaban J connectivity index is 2.17. The second-order valence-corrected chi connectivity index (χ2v) is 3.68. The average molecular weight is 171 g/mol. The first-order valence-corrected chi connectivity index (χ1v) is 4.54. The summed E-state index contributed by atoms with van der Waals surface area (Å²) in [5.41, 5.74) is 0. The minimum atomic E-state index is -0.671. The number of carboxylic acid groups (broad SMARTS) is 1. The molecule has 70 valence electrons. The predicted molar refractivity (Wildman–Crippen MR) is 47.0 cm³/mol. The topological polar surface area (TPSA) is 49.3 Å². The van der Waals surface area contributed by atoms with E-state index < -0.39 is 5.97 Å². The predicted octanol–water partition coefficient (Wildman–Crippen LogP) is 1.10. The maximum atomic E-state index is 10.3. The largest absolute Gasteiger partial charge is 0.481 e. The van der Waals surface area contributed by atoms with Crippen LogP contribution >= 0.6 is 0 Å². The molecule has 0 aromatic carbocycles. The summed E-state index contributed by atoms with van der Waals surface area (Å²) in [6, 6.07) is 0.615. The molecule has 0 saturated heterocycles. The summed E-state index contributed by atoms with van der Waals surface area (Å²) >= 11 is 0. The van der Waals surface area contributed by atoms with Gasteiger partial charge in [-0.25, -0.2) is 0 Å². The van der Waals surface area contributed by atoms with Gasteiger partial charge in [-0.1, -0.05) is 6.92 Å². The van der Waals surface area contributed by atoms with Gasteiger partial charge in [0.05, 0.1) is 0 Å². The first-order valence-electron chi connectivity index (χ1n) is 4.54. The first kappa shape index (κ1) is 9.52. The Morgan fingerprint density at radius 3 is 2.75 bits per heavy atom. The summed E-state index contributed by atoms with van der Waals surface area (Å²) in [6.07, 6.45) is 2.31.